The zero-order valence-electron chi connectivity index (χ0n) is 10.4. The molecule has 1 aromatic heterocycles. The lowest BCUT2D eigenvalue weighted by atomic mass is 9.93. The second kappa shape index (κ2) is 5.64. The van der Waals surface area contributed by atoms with E-state index in [0.717, 1.165) is 12.8 Å². The Morgan fingerprint density at radius 3 is 2.79 bits per heavy atom. The van der Waals surface area contributed by atoms with Gasteiger partial charge in [-0.3, -0.25) is 14.9 Å². The molecule has 1 aliphatic heterocycles. The van der Waals surface area contributed by atoms with Crippen LogP contribution in [-0.4, -0.2) is 34.1 Å². The highest BCUT2D eigenvalue weighted by molar-refractivity contribution is 5.67. The third-order valence-electron chi connectivity index (χ3n) is 3.34. The first-order chi connectivity index (χ1) is 9.08. The molecule has 1 saturated heterocycles. The van der Waals surface area contributed by atoms with Gasteiger partial charge in [-0.25, -0.2) is 4.98 Å². The van der Waals surface area contributed by atoms with Crippen LogP contribution in [-0.2, 0) is 4.79 Å². The molecule has 19 heavy (non-hydrogen) atoms. The first-order valence-electron chi connectivity index (χ1n) is 6.14. The smallest absolute Gasteiger partial charge is 0.311 e. The molecule has 2 heterocycles. The van der Waals surface area contributed by atoms with Gasteiger partial charge in [0.05, 0.1) is 4.92 Å². The van der Waals surface area contributed by atoms with Gasteiger partial charge < -0.3 is 10.0 Å². The molecule has 0 unspecified atom stereocenters. The number of hydrogen-bond donors (Lipinski definition) is 1. The van der Waals surface area contributed by atoms with Crippen LogP contribution < -0.4 is 4.90 Å². The highest BCUT2D eigenvalue weighted by Crippen LogP contribution is 2.29. The molecule has 1 N–H and O–H groups in total. The maximum absolute atomic E-state index is 10.9. The molecule has 0 aliphatic carbocycles. The molecule has 0 spiro atoms. The summed E-state index contributed by atoms with van der Waals surface area (Å²) >= 11 is 0. The maximum Gasteiger partial charge on any atom is 0.311 e. The van der Waals surface area contributed by atoms with Crippen LogP contribution in [0.25, 0.3) is 0 Å². The summed E-state index contributed by atoms with van der Waals surface area (Å²) in [5.74, 6) is -0.264. The van der Waals surface area contributed by atoms with Gasteiger partial charge in [-0.2, -0.15) is 0 Å². The Kier molecular flexibility index (Phi) is 3.94. The van der Waals surface area contributed by atoms with Gasteiger partial charge in [0.2, 0.25) is 5.82 Å². The largest absolute Gasteiger partial charge is 0.481 e. The molecule has 0 amide bonds. The Morgan fingerprint density at radius 1 is 1.53 bits per heavy atom. The minimum atomic E-state index is -0.790. The van der Waals surface area contributed by atoms with Crippen molar-refractivity contribution in [3.05, 3.63) is 28.4 Å². The van der Waals surface area contributed by atoms with E-state index in [0.29, 0.717) is 18.9 Å². The summed E-state index contributed by atoms with van der Waals surface area (Å²) < 4.78 is 0. The van der Waals surface area contributed by atoms with Crippen LogP contribution >= 0.6 is 0 Å². The van der Waals surface area contributed by atoms with E-state index in [1.807, 2.05) is 4.90 Å². The fourth-order valence-corrected chi connectivity index (χ4v) is 2.37. The molecule has 0 atom stereocenters. The fraction of sp³-hybridized carbons (Fsp3) is 0.500. The summed E-state index contributed by atoms with van der Waals surface area (Å²) in [5.41, 5.74) is -0.000755. The third kappa shape index (κ3) is 3.18. The summed E-state index contributed by atoms with van der Waals surface area (Å²) in [5, 5.41) is 19.7. The standard InChI is InChI=1S/C12H15N3O4/c16-11(17)8-9-3-6-14(7-4-9)12-10(15(18)19)2-1-5-13-12/h1-2,5,9H,3-4,6-8H2,(H,16,17). The van der Waals surface area contributed by atoms with Crippen molar-refractivity contribution < 1.29 is 14.8 Å². The van der Waals surface area contributed by atoms with Gasteiger partial charge in [0.15, 0.2) is 0 Å². The van der Waals surface area contributed by atoms with Gasteiger partial charge in [-0.1, -0.05) is 0 Å². The molecule has 0 aromatic carbocycles. The minimum absolute atomic E-state index is 0.000755. The molecule has 7 nitrogen and oxygen atoms in total. The molecular weight excluding hydrogens is 250 g/mol. The van der Waals surface area contributed by atoms with Crippen molar-refractivity contribution in [1.29, 1.82) is 0 Å². The SMILES string of the molecule is O=C(O)CC1CCN(c2ncccc2[N+](=O)[O-])CC1. The predicted octanol–water partition coefficient (Wildman–Crippen LogP) is 1.68. The van der Waals surface area contributed by atoms with E-state index in [4.69, 9.17) is 5.11 Å². The van der Waals surface area contributed by atoms with Crippen LogP contribution in [0.2, 0.25) is 0 Å². The Morgan fingerprint density at radius 2 is 2.21 bits per heavy atom. The van der Waals surface area contributed by atoms with Gasteiger partial charge >= 0.3 is 11.7 Å². The number of nitro groups is 1. The normalized spacial score (nSPS) is 16.3. The lowest BCUT2D eigenvalue weighted by molar-refractivity contribution is -0.384. The Hall–Kier alpha value is -2.18. The van der Waals surface area contributed by atoms with Crippen molar-refractivity contribution >= 4 is 17.5 Å². The van der Waals surface area contributed by atoms with E-state index in [1.54, 1.807) is 6.07 Å². The van der Waals surface area contributed by atoms with Crippen LogP contribution in [0.1, 0.15) is 19.3 Å². The number of anilines is 1. The van der Waals surface area contributed by atoms with Crippen molar-refractivity contribution in [3.8, 4) is 0 Å². The lowest BCUT2D eigenvalue weighted by Crippen LogP contribution is -2.35. The number of aliphatic carboxylic acids is 1. The average molecular weight is 265 g/mol. The number of carbonyl (C=O) groups is 1. The van der Waals surface area contributed by atoms with Crippen molar-refractivity contribution in [1.82, 2.24) is 4.98 Å². The van der Waals surface area contributed by atoms with Crippen LogP contribution in [0.3, 0.4) is 0 Å². The second-order valence-electron chi connectivity index (χ2n) is 4.63. The van der Waals surface area contributed by atoms with Gasteiger partial charge in [-0.15, -0.1) is 0 Å². The van der Waals surface area contributed by atoms with Crippen molar-refractivity contribution in [2.24, 2.45) is 5.92 Å². The minimum Gasteiger partial charge on any atom is -0.481 e. The summed E-state index contributed by atoms with van der Waals surface area (Å²) in [6, 6.07) is 2.98. The number of nitrogens with zero attached hydrogens (tertiary/aromatic N) is 3. The third-order valence-corrected chi connectivity index (χ3v) is 3.34. The van der Waals surface area contributed by atoms with Crippen LogP contribution in [0.4, 0.5) is 11.5 Å². The van der Waals surface area contributed by atoms with Gasteiger partial charge in [0, 0.05) is 31.8 Å². The Labute approximate surface area is 110 Å². The second-order valence-corrected chi connectivity index (χ2v) is 4.63. The highest BCUT2D eigenvalue weighted by atomic mass is 16.6. The molecule has 0 bridgehead atoms. The van der Waals surface area contributed by atoms with Gasteiger partial charge in [0.25, 0.3) is 0 Å². The molecule has 1 aliphatic rings. The zero-order chi connectivity index (χ0) is 13.8. The summed E-state index contributed by atoms with van der Waals surface area (Å²) in [6.45, 7) is 1.21. The molecule has 2 rings (SSSR count). The average Bonchev–Trinajstić information content (AvgIpc) is 2.39. The Balaban J connectivity index is 2.05. The quantitative estimate of drug-likeness (QED) is 0.657. The monoisotopic (exact) mass is 265 g/mol. The molecule has 0 radical (unpaired) electrons. The number of piperidine rings is 1. The van der Waals surface area contributed by atoms with E-state index in [2.05, 4.69) is 4.98 Å². The van der Waals surface area contributed by atoms with E-state index >= 15 is 0 Å². The van der Waals surface area contributed by atoms with Crippen LogP contribution in [0, 0.1) is 16.0 Å². The zero-order valence-corrected chi connectivity index (χ0v) is 10.4. The number of aromatic nitrogens is 1. The predicted molar refractivity (Wildman–Crippen MR) is 68.1 cm³/mol. The van der Waals surface area contributed by atoms with E-state index in [1.165, 1.54) is 12.3 Å². The van der Waals surface area contributed by atoms with Crippen LogP contribution in [0.5, 0.6) is 0 Å². The number of carboxylic acid groups (broad SMARTS) is 1. The first-order valence-corrected chi connectivity index (χ1v) is 6.14. The van der Waals surface area contributed by atoms with E-state index in [-0.39, 0.29) is 18.0 Å². The maximum atomic E-state index is 10.9. The Bertz CT molecular complexity index is 484. The van der Waals surface area contributed by atoms with Crippen molar-refractivity contribution in [3.63, 3.8) is 0 Å². The van der Waals surface area contributed by atoms with E-state index < -0.39 is 10.9 Å². The van der Waals surface area contributed by atoms with Crippen molar-refractivity contribution in [2.75, 3.05) is 18.0 Å². The molecule has 7 heteroatoms. The number of carboxylic acids is 1. The molecule has 0 saturated carbocycles. The number of hydrogen-bond acceptors (Lipinski definition) is 5. The van der Waals surface area contributed by atoms with Gasteiger partial charge in [-0.05, 0) is 24.8 Å². The summed E-state index contributed by atoms with van der Waals surface area (Å²) in [6.07, 6.45) is 3.14. The lowest BCUT2D eigenvalue weighted by Gasteiger charge is -2.31. The topological polar surface area (TPSA) is 96.6 Å². The highest BCUT2D eigenvalue weighted by Gasteiger charge is 2.26. The van der Waals surface area contributed by atoms with Crippen molar-refractivity contribution in [2.45, 2.75) is 19.3 Å². The number of pyridine rings is 1. The molecule has 1 aromatic rings. The fourth-order valence-electron chi connectivity index (χ4n) is 2.37. The van der Waals surface area contributed by atoms with Gasteiger partial charge in [0.1, 0.15) is 0 Å². The number of rotatable bonds is 4. The summed E-state index contributed by atoms with van der Waals surface area (Å²) in [4.78, 5) is 27.1. The summed E-state index contributed by atoms with van der Waals surface area (Å²) in [7, 11) is 0. The first kappa shape index (κ1) is 13.3. The molecule has 102 valence electrons. The molecule has 1 fully saturated rings. The molecular formula is C12H15N3O4. The van der Waals surface area contributed by atoms with E-state index in [9.17, 15) is 14.9 Å². The van der Waals surface area contributed by atoms with Crippen LogP contribution in [0.15, 0.2) is 18.3 Å².